The Morgan fingerprint density at radius 2 is 1.50 bits per heavy atom. The van der Waals surface area contributed by atoms with Crippen molar-refractivity contribution in [2.75, 3.05) is 31.1 Å². The van der Waals surface area contributed by atoms with Crippen molar-refractivity contribution in [3.05, 3.63) is 89.7 Å². The maximum absolute atomic E-state index is 12.9. The summed E-state index contributed by atoms with van der Waals surface area (Å²) in [6, 6.07) is 19.6. The largest absolute Gasteiger partial charge is 0.310 e. The van der Waals surface area contributed by atoms with Gasteiger partial charge >= 0.3 is 0 Å². The Kier molecular flexibility index (Phi) is 5.89. The van der Waals surface area contributed by atoms with Gasteiger partial charge in [-0.25, -0.2) is 15.0 Å². The molecule has 0 saturated carbocycles. The third-order valence-electron chi connectivity index (χ3n) is 6.13. The minimum Gasteiger partial charge on any atom is -0.310 e. The average Bonchev–Trinajstić information content (AvgIpc) is 2.86. The van der Waals surface area contributed by atoms with E-state index in [0.29, 0.717) is 5.39 Å². The normalized spacial score (nSPS) is 15.1. The first-order valence-corrected chi connectivity index (χ1v) is 11.1. The van der Waals surface area contributed by atoms with Crippen molar-refractivity contribution in [3.8, 4) is 0 Å². The summed E-state index contributed by atoms with van der Waals surface area (Å²) in [5, 5.41) is 0.693. The molecular weight excluding hydrogens is 400 g/mol. The Balaban J connectivity index is 1.25. The van der Waals surface area contributed by atoms with Gasteiger partial charge < -0.3 is 9.80 Å². The number of fused-ring (bicyclic) bond motifs is 1. The number of hydrogen-bond acceptors (Lipinski definition) is 6. The standard InChI is InChI=1S/C25H26N6O/c32-25-21-7-1-2-8-22(21)28-19-31(25)20-11-15-29(16-12-20)17-18-30(23-9-3-5-13-26-23)24-10-4-6-14-27-24/h1-10,13-14,19-20H,11-12,15-18H2. The molecule has 0 atom stereocenters. The van der Waals surface area contributed by atoms with E-state index in [-0.39, 0.29) is 11.6 Å². The fourth-order valence-electron chi connectivity index (χ4n) is 4.38. The Morgan fingerprint density at radius 3 is 2.16 bits per heavy atom. The smallest absolute Gasteiger partial charge is 0.261 e. The summed E-state index contributed by atoms with van der Waals surface area (Å²) >= 11 is 0. The first kappa shape index (κ1) is 20.3. The number of rotatable bonds is 6. The van der Waals surface area contributed by atoms with Crippen LogP contribution < -0.4 is 10.5 Å². The second-order valence-corrected chi connectivity index (χ2v) is 8.07. The van der Waals surface area contributed by atoms with E-state index in [2.05, 4.69) is 24.8 Å². The van der Waals surface area contributed by atoms with Gasteiger partial charge in [0.05, 0.1) is 17.2 Å². The first-order chi connectivity index (χ1) is 15.8. The lowest BCUT2D eigenvalue weighted by Crippen LogP contribution is -2.41. The highest BCUT2D eigenvalue weighted by atomic mass is 16.1. The van der Waals surface area contributed by atoms with Crippen LogP contribution in [-0.2, 0) is 0 Å². The predicted octanol–water partition coefficient (Wildman–Crippen LogP) is 3.66. The summed E-state index contributed by atoms with van der Waals surface area (Å²) < 4.78 is 1.83. The summed E-state index contributed by atoms with van der Waals surface area (Å²) in [5.41, 5.74) is 0.820. The number of nitrogens with zero attached hydrogens (tertiary/aromatic N) is 6. The highest BCUT2D eigenvalue weighted by molar-refractivity contribution is 5.76. The molecule has 5 rings (SSSR count). The number of pyridine rings is 2. The molecule has 7 heteroatoms. The molecule has 162 valence electrons. The minimum absolute atomic E-state index is 0.0607. The van der Waals surface area contributed by atoms with Gasteiger partial charge in [0.15, 0.2) is 0 Å². The van der Waals surface area contributed by atoms with Crippen molar-refractivity contribution in [2.45, 2.75) is 18.9 Å². The van der Waals surface area contributed by atoms with Crippen LogP contribution in [0, 0.1) is 0 Å². The van der Waals surface area contributed by atoms with Crippen LogP contribution in [0.1, 0.15) is 18.9 Å². The van der Waals surface area contributed by atoms with Gasteiger partial charge in [-0.1, -0.05) is 24.3 Å². The molecule has 7 nitrogen and oxygen atoms in total. The van der Waals surface area contributed by atoms with Crippen LogP contribution in [-0.4, -0.2) is 50.6 Å². The molecule has 1 aliphatic rings. The molecule has 0 bridgehead atoms. The van der Waals surface area contributed by atoms with Crippen LogP contribution in [0.5, 0.6) is 0 Å². The van der Waals surface area contributed by atoms with Crippen LogP contribution in [0.4, 0.5) is 11.6 Å². The Labute approximate surface area is 187 Å². The monoisotopic (exact) mass is 426 g/mol. The van der Waals surface area contributed by atoms with E-state index < -0.39 is 0 Å². The van der Waals surface area contributed by atoms with Crippen molar-refractivity contribution in [2.24, 2.45) is 0 Å². The van der Waals surface area contributed by atoms with Gasteiger partial charge in [-0.2, -0.15) is 0 Å². The first-order valence-electron chi connectivity index (χ1n) is 11.1. The van der Waals surface area contributed by atoms with Crippen LogP contribution in [0.2, 0.25) is 0 Å². The maximum Gasteiger partial charge on any atom is 0.261 e. The molecule has 32 heavy (non-hydrogen) atoms. The summed E-state index contributed by atoms with van der Waals surface area (Å²) in [6.45, 7) is 3.60. The molecule has 4 aromatic rings. The van der Waals surface area contributed by atoms with Gasteiger partial charge in [-0.05, 0) is 49.2 Å². The zero-order valence-corrected chi connectivity index (χ0v) is 17.9. The molecule has 0 aliphatic carbocycles. The molecular formula is C25H26N6O. The van der Waals surface area contributed by atoms with E-state index in [1.54, 1.807) is 6.33 Å². The Morgan fingerprint density at radius 1 is 0.844 bits per heavy atom. The number of likely N-dealkylation sites (tertiary alicyclic amines) is 1. The number of aromatic nitrogens is 4. The number of anilines is 2. The van der Waals surface area contributed by atoms with Gasteiger partial charge in [0, 0.05) is 44.6 Å². The molecule has 1 saturated heterocycles. The molecule has 1 aliphatic heterocycles. The van der Waals surface area contributed by atoms with E-state index in [0.717, 1.165) is 56.2 Å². The number of hydrogen-bond donors (Lipinski definition) is 0. The van der Waals surface area contributed by atoms with Crippen molar-refractivity contribution >= 4 is 22.5 Å². The van der Waals surface area contributed by atoms with E-state index in [1.165, 1.54) is 0 Å². The fraction of sp³-hybridized carbons (Fsp3) is 0.280. The zero-order chi connectivity index (χ0) is 21.8. The van der Waals surface area contributed by atoms with E-state index in [4.69, 9.17) is 0 Å². The SMILES string of the molecule is O=c1c2ccccc2ncn1C1CCN(CCN(c2ccccn2)c2ccccn2)CC1. The molecule has 0 amide bonds. The highest BCUT2D eigenvalue weighted by Crippen LogP contribution is 2.23. The maximum atomic E-state index is 12.9. The number of piperidine rings is 1. The third-order valence-corrected chi connectivity index (χ3v) is 6.13. The quantitative estimate of drug-likeness (QED) is 0.469. The van der Waals surface area contributed by atoms with Crippen LogP contribution in [0.3, 0.4) is 0 Å². The van der Waals surface area contributed by atoms with Gasteiger partial charge in [0.2, 0.25) is 0 Å². The lowest BCUT2D eigenvalue weighted by Gasteiger charge is -2.34. The summed E-state index contributed by atoms with van der Waals surface area (Å²) in [4.78, 5) is 31.1. The lowest BCUT2D eigenvalue weighted by atomic mass is 10.0. The fourth-order valence-corrected chi connectivity index (χ4v) is 4.38. The second-order valence-electron chi connectivity index (χ2n) is 8.07. The molecule has 1 aromatic carbocycles. The molecule has 0 radical (unpaired) electrons. The molecule has 4 heterocycles. The van der Waals surface area contributed by atoms with Crippen LogP contribution >= 0.6 is 0 Å². The minimum atomic E-state index is 0.0607. The summed E-state index contributed by atoms with van der Waals surface area (Å²) in [6.07, 6.45) is 7.22. The van der Waals surface area contributed by atoms with Crippen LogP contribution in [0.25, 0.3) is 10.9 Å². The van der Waals surface area contributed by atoms with Gasteiger partial charge in [0.1, 0.15) is 11.6 Å². The van der Waals surface area contributed by atoms with Gasteiger partial charge in [-0.3, -0.25) is 9.36 Å². The molecule has 0 unspecified atom stereocenters. The number of benzene rings is 1. The van der Waals surface area contributed by atoms with E-state index in [9.17, 15) is 4.79 Å². The second kappa shape index (κ2) is 9.28. The van der Waals surface area contributed by atoms with Crippen molar-refractivity contribution in [3.63, 3.8) is 0 Å². The zero-order valence-electron chi connectivity index (χ0n) is 17.9. The molecule has 3 aromatic heterocycles. The molecule has 1 fully saturated rings. The lowest BCUT2D eigenvalue weighted by molar-refractivity contribution is 0.188. The molecule has 0 N–H and O–H groups in total. The predicted molar refractivity (Wildman–Crippen MR) is 126 cm³/mol. The van der Waals surface area contributed by atoms with Crippen molar-refractivity contribution < 1.29 is 0 Å². The van der Waals surface area contributed by atoms with Gasteiger partial charge in [-0.15, -0.1) is 0 Å². The number of para-hydroxylation sites is 1. The summed E-state index contributed by atoms with van der Waals surface area (Å²) in [5.74, 6) is 1.80. The summed E-state index contributed by atoms with van der Waals surface area (Å²) in [7, 11) is 0. The van der Waals surface area contributed by atoms with E-state index >= 15 is 0 Å². The average molecular weight is 427 g/mol. The van der Waals surface area contributed by atoms with Crippen molar-refractivity contribution in [1.29, 1.82) is 0 Å². The van der Waals surface area contributed by atoms with Crippen LogP contribution in [0.15, 0.2) is 84.2 Å². The highest BCUT2D eigenvalue weighted by Gasteiger charge is 2.23. The van der Waals surface area contributed by atoms with Gasteiger partial charge in [0.25, 0.3) is 5.56 Å². The Bertz CT molecular complexity index is 1180. The van der Waals surface area contributed by atoms with Crippen molar-refractivity contribution in [1.82, 2.24) is 24.4 Å². The third kappa shape index (κ3) is 4.24. The topological polar surface area (TPSA) is 67.2 Å². The molecule has 0 spiro atoms. The van der Waals surface area contributed by atoms with E-state index in [1.807, 2.05) is 77.6 Å². The Hall–Kier alpha value is -3.58.